The number of alkyl halides is 4. The van der Waals surface area contributed by atoms with Crippen LogP contribution in [0, 0.1) is 58.7 Å². The van der Waals surface area contributed by atoms with Crippen LogP contribution in [-0.4, -0.2) is 104 Å². The van der Waals surface area contributed by atoms with E-state index in [-0.39, 0.29) is 39.6 Å². The Morgan fingerprint density at radius 1 is 0.658 bits per heavy atom. The molecular weight excluding hydrogens is 1010 g/mol. The van der Waals surface area contributed by atoms with Crippen molar-refractivity contribution in [2.45, 2.75) is 154 Å². The Balaban J connectivity index is 0.000000134. The molecule has 2 heterocycles. The van der Waals surface area contributed by atoms with Gasteiger partial charge in [-0.1, -0.05) is 75.7 Å². The normalized spacial score (nSPS) is 29.2. The summed E-state index contributed by atoms with van der Waals surface area (Å²) < 4.78 is 77.8. The lowest BCUT2D eigenvalue weighted by molar-refractivity contribution is -0.180. The van der Waals surface area contributed by atoms with Crippen LogP contribution in [0.15, 0.2) is 65.6 Å². The van der Waals surface area contributed by atoms with Gasteiger partial charge in [0.15, 0.2) is 16.8 Å². The van der Waals surface area contributed by atoms with E-state index in [2.05, 4.69) is 71.0 Å². The third kappa shape index (κ3) is 15.1. The van der Waals surface area contributed by atoms with E-state index in [1.807, 2.05) is 24.3 Å². The molecule has 3 aromatic rings. The maximum atomic E-state index is 13.0. The Kier molecular flexibility index (Phi) is 19.3. The summed E-state index contributed by atoms with van der Waals surface area (Å²) in [5.41, 5.74) is 1.66. The molecule has 3 aromatic carbocycles. The minimum atomic E-state index is -3.36. The van der Waals surface area contributed by atoms with Crippen LogP contribution in [0.3, 0.4) is 0 Å². The zero-order valence-electron chi connectivity index (χ0n) is 46.4. The average Bonchev–Trinajstić information content (AvgIpc) is 3.38. The van der Waals surface area contributed by atoms with Gasteiger partial charge < -0.3 is 23.7 Å². The Morgan fingerprint density at radius 2 is 1.16 bits per heavy atom. The molecule has 0 aromatic heterocycles. The summed E-state index contributed by atoms with van der Waals surface area (Å²) in [7, 11) is 0.460. The third-order valence-electron chi connectivity index (χ3n) is 17.2. The van der Waals surface area contributed by atoms with Crippen molar-refractivity contribution in [3.8, 4) is 5.75 Å². The molecule has 13 rings (SSSR count). The van der Waals surface area contributed by atoms with Gasteiger partial charge in [-0.05, 0) is 144 Å². The average molecular weight is 1100 g/mol. The monoisotopic (exact) mass is 1100 g/mol. The molecule has 0 spiro atoms. The van der Waals surface area contributed by atoms with E-state index in [0.29, 0.717) is 41.4 Å². The van der Waals surface area contributed by atoms with Gasteiger partial charge >= 0.3 is 17.9 Å². The molecule has 8 bridgehead atoms. The second-order valence-corrected chi connectivity index (χ2v) is 29.8. The Hall–Kier alpha value is -3.33. The molecule has 0 N–H and O–H groups in total. The molecule has 1 atom stereocenters. The second kappa shape index (κ2) is 25.0. The van der Waals surface area contributed by atoms with Crippen LogP contribution in [0.25, 0.3) is 10.8 Å². The summed E-state index contributed by atoms with van der Waals surface area (Å²) in [5, 5.41) is 2.71. The number of benzene rings is 3. The number of esters is 2. The summed E-state index contributed by atoms with van der Waals surface area (Å²) >= 11 is 0. The molecule has 0 radical (unpaired) electrons. The van der Waals surface area contributed by atoms with Crippen molar-refractivity contribution >= 4 is 50.3 Å². The van der Waals surface area contributed by atoms with Crippen LogP contribution >= 0.6 is 0 Å². The predicted molar refractivity (Wildman–Crippen MR) is 297 cm³/mol. The standard InChI is InChI=1S/C17H21O2S.C17H25O2S.2C14H20F2O2/c1-2-9-19-16-7-8-17(20-12-10-18-11-13-20)15-6-4-3-5-14(15)16;1-13-5-7-14(8-6-13)15(18)16(17(2,3)4)20-11-9-19-10-12-20;1-13(15,16)12(17)18-8-14-5-9-2-10(6-14)4-11(3-9)7-14;1-13(15,16)8-18-12(17)14-5-9-2-10(6-14)4-11(3-9)7-14/h3-8H,2,9-13H2,1H3;5-8,16H,9-12H2,1-4H3;2*9-11H,2-8H2,1H3/q2*+1;;. The lowest BCUT2D eigenvalue weighted by Gasteiger charge is -2.56. The number of hydrogen-bond donors (Lipinski definition) is 0. The van der Waals surface area contributed by atoms with Gasteiger partial charge in [0.25, 0.3) is 5.92 Å². The lowest BCUT2D eigenvalue weighted by Crippen LogP contribution is -2.51. The number of ketones is 1. The van der Waals surface area contributed by atoms with E-state index in [1.165, 1.54) is 59.8 Å². The molecule has 1 unspecified atom stereocenters. The molecule has 8 saturated carbocycles. The molecule has 2 aliphatic heterocycles. The zero-order chi connectivity index (χ0) is 54.5. The fourth-order valence-corrected chi connectivity index (χ4v) is 19.6. The summed E-state index contributed by atoms with van der Waals surface area (Å²) in [4.78, 5) is 37.8. The van der Waals surface area contributed by atoms with Crippen LogP contribution in [0.5, 0.6) is 5.75 Å². The van der Waals surface area contributed by atoms with Crippen molar-refractivity contribution < 1.29 is 55.6 Å². The highest BCUT2D eigenvalue weighted by atomic mass is 32.2. The maximum Gasteiger partial charge on any atom is 0.376 e. The number of ether oxygens (including phenoxy) is 5. The topological polar surface area (TPSA) is 97.4 Å². The smallest absolute Gasteiger partial charge is 0.376 e. The molecule has 8 aliphatic carbocycles. The summed E-state index contributed by atoms with van der Waals surface area (Å²) in [6.07, 6.45) is 14.5. The number of rotatable bonds is 13. The molecule has 420 valence electrons. The molecule has 2 saturated heterocycles. The Morgan fingerprint density at radius 3 is 1.64 bits per heavy atom. The number of aryl methyl sites for hydroxylation is 1. The van der Waals surface area contributed by atoms with Crippen molar-refractivity contribution in [3.05, 3.63) is 71.8 Å². The first kappa shape index (κ1) is 58.8. The van der Waals surface area contributed by atoms with Crippen LogP contribution in [-0.2, 0) is 50.3 Å². The molecule has 76 heavy (non-hydrogen) atoms. The first-order valence-corrected chi connectivity index (χ1v) is 31.6. The first-order valence-electron chi connectivity index (χ1n) is 28.4. The van der Waals surface area contributed by atoms with E-state index in [1.54, 1.807) is 0 Å². The van der Waals surface area contributed by atoms with Crippen LogP contribution in [0.1, 0.15) is 141 Å². The maximum absolute atomic E-state index is 13.0. The minimum absolute atomic E-state index is 0.00240. The van der Waals surface area contributed by atoms with Crippen molar-refractivity contribution in [1.29, 1.82) is 0 Å². The fraction of sp³-hybridized carbons (Fsp3) is 0.694. The van der Waals surface area contributed by atoms with Crippen LogP contribution < -0.4 is 4.74 Å². The highest BCUT2D eigenvalue weighted by Gasteiger charge is 2.56. The van der Waals surface area contributed by atoms with E-state index >= 15 is 0 Å². The summed E-state index contributed by atoms with van der Waals surface area (Å²) in [6.45, 7) is 15.8. The quantitative estimate of drug-likeness (QED) is 0.0723. The number of fused-ring (bicyclic) bond motifs is 1. The molecule has 0 amide bonds. The highest BCUT2D eigenvalue weighted by Crippen LogP contribution is 2.61. The first-order chi connectivity index (χ1) is 36.0. The number of hydrogen-bond acceptors (Lipinski definition) is 8. The van der Waals surface area contributed by atoms with Crippen LogP contribution in [0.4, 0.5) is 17.6 Å². The Bertz CT molecular complexity index is 2350. The summed E-state index contributed by atoms with van der Waals surface area (Å²) in [6, 6.07) is 21.0. The fourth-order valence-electron chi connectivity index (χ4n) is 14.8. The number of carbonyl (C=O) groups excluding carboxylic acids is 3. The van der Waals surface area contributed by atoms with Gasteiger partial charge in [-0.15, -0.1) is 0 Å². The third-order valence-corrected chi connectivity index (χ3v) is 22.5. The Labute approximate surface area is 456 Å². The summed E-state index contributed by atoms with van der Waals surface area (Å²) in [5.74, 6) is 1.82. The molecule has 10 fully saturated rings. The van der Waals surface area contributed by atoms with Crippen molar-refractivity contribution in [1.82, 2.24) is 0 Å². The second-order valence-electron chi connectivity index (χ2n) is 25.2. The number of Topliss-reactive ketones (excluding diaryl/α,β-unsaturated/α-hetero) is 1. The van der Waals surface area contributed by atoms with Gasteiger partial charge in [0, 0.05) is 62.8 Å². The van der Waals surface area contributed by atoms with Gasteiger partial charge in [-0.2, -0.15) is 8.78 Å². The van der Waals surface area contributed by atoms with E-state index < -0.39 is 29.8 Å². The van der Waals surface area contributed by atoms with Crippen molar-refractivity contribution in [3.63, 3.8) is 0 Å². The highest BCUT2D eigenvalue weighted by molar-refractivity contribution is 7.98. The van der Waals surface area contributed by atoms with Crippen molar-refractivity contribution in [2.75, 3.05) is 69.3 Å². The predicted octanol–water partition coefficient (Wildman–Crippen LogP) is 13.7. The molecule has 10 aliphatic rings. The van der Waals surface area contributed by atoms with Gasteiger partial charge in [0.1, 0.15) is 28.8 Å². The van der Waals surface area contributed by atoms with E-state index in [9.17, 15) is 31.9 Å². The van der Waals surface area contributed by atoms with Gasteiger partial charge in [0.05, 0.1) is 45.1 Å². The largest absolute Gasteiger partial charge is 0.493 e. The minimum Gasteiger partial charge on any atom is -0.493 e. The number of carbonyl (C=O) groups is 3. The zero-order valence-corrected chi connectivity index (χ0v) is 48.0. The molecule has 14 heteroatoms. The van der Waals surface area contributed by atoms with E-state index in [0.717, 1.165) is 137 Å². The lowest BCUT2D eigenvalue weighted by atomic mass is 9.49. The van der Waals surface area contributed by atoms with E-state index in [4.69, 9.17) is 23.7 Å². The van der Waals surface area contributed by atoms with Crippen molar-refractivity contribution in [2.24, 2.45) is 51.8 Å². The van der Waals surface area contributed by atoms with Gasteiger partial charge in [-0.3, -0.25) is 9.59 Å². The van der Waals surface area contributed by atoms with Gasteiger partial charge in [0.2, 0.25) is 5.78 Å². The van der Waals surface area contributed by atoms with Crippen LogP contribution in [0.2, 0.25) is 0 Å². The molecule has 8 nitrogen and oxygen atoms in total. The SMILES string of the molecule is CC(F)(F)C(=O)OCC12CC3CC(CC(C3)C1)C2.CC(F)(F)COC(=O)C12CC3CC(CC(C3)C1)C2.CCCOc1ccc([S+]2CCOCC2)c2ccccc12.Cc1ccc(C(=O)C([S+]2CCOCC2)C(C)(C)C)cc1. The number of halogens is 4. The molecular formula is C62H86F4O8S2+2. The van der Waals surface area contributed by atoms with Gasteiger partial charge in [-0.25, -0.2) is 13.6 Å².